The minimum atomic E-state index is 0.729. The molecule has 2 saturated heterocycles. The predicted octanol–water partition coefficient (Wildman–Crippen LogP) is 1.18. The average Bonchev–Trinajstić information content (AvgIpc) is 3.21. The highest BCUT2D eigenvalue weighted by Crippen LogP contribution is 2.15. The Labute approximate surface area is 142 Å². The third-order valence-electron chi connectivity index (χ3n) is 4.49. The summed E-state index contributed by atoms with van der Waals surface area (Å²) in [5.74, 6) is 1.72. The molecule has 6 nitrogen and oxygen atoms in total. The molecule has 3 heterocycles. The van der Waals surface area contributed by atoms with Crippen LogP contribution in [0.3, 0.4) is 0 Å². The smallest absolute Gasteiger partial charge is 0.194 e. The summed E-state index contributed by atoms with van der Waals surface area (Å²) in [6, 6.07) is 0. The number of hydrogen-bond donors (Lipinski definition) is 1. The maximum absolute atomic E-state index is 5.48. The number of nitrogens with one attached hydrogen (secondary N) is 1. The third kappa shape index (κ3) is 4.65. The van der Waals surface area contributed by atoms with Crippen LogP contribution in [0.2, 0.25) is 0 Å². The van der Waals surface area contributed by atoms with E-state index in [4.69, 9.17) is 4.74 Å². The van der Waals surface area contributed by atoms with Gasteiger partial charge in [-0.25, -0.2) is 4.98 Å². The van der Waals surface area contributed by atoms with E-state index in [0.29, 0.717) is 0 Å². The first-order valence-electron chi connectivity index (χ1n) is 8.41. The summed E-state index contributed by atoms with van der Waals surface area (Å²) in [7, 11) is 1.86. The van der Waals surface area contributed by atoms with Gasteiger partial charge in [0.15, 0.2) is 5.96 Å². The minimum absolute atomic E-state index is 0.729. The molecule has 0 spiro atoms. The largest absolute Gasteiger partial charge is 0.381 e. The van der Waals surface area contributed by atoms with Gasteiger partial charge in [-0.15, -0.1) is 11.3 Å². The normalized spacial score (nSPS) is 23.5. The van der Waals surface area contributed by atoms with Crippen LogP contribution in [-0.4, -0.2) is 73.7 Å². The Kier molecular flexibility index (Phi) is 5.85. The molecule has 1 aromatic rings. The molecule has 2 aliphatic rings. The number of aliphatic imine (C=N–C) groups is 1. The van der Waals surface area contributed by atoms with Crippen LogP contribution in [0.15, 0.2) is 10.4 Å². The van der Waals surface area contributed by atoms with Crippen LogP contribution in [0.4, 0.5) is 0 Å². The molecule has 0 aliphatic carbocycles. The molecule has 1 N–H and O–H groups in total. The molecule has 0 saturated carbocycles. The molecule has 7 heteroatoms. The Morgan fingerprint density at radius 2 is 2.26 bits per heavy atom. The highest BCUT2D eigenvalue weighted by atomic mass is 32.1. The van der Waals surface area contributed by atoms with Gasteiger partial charge in [0, 0.05) is 57.5 Å². The fourth-order valence-corrected chi connectivity index (χ4v) is 3.92. The van der Waals surface area contributed by atoms with E-state index in [2.05, 4.69) is 30.5 Å². The van der Waals surface area contributed by atoms with Gasteiger partial charge in [0.1, 0.15) is 5.01 Å². The van der Waals surface area contributed by atoms with Gasteiger partial charge in [-0.05, 0) is 19.3 Å². The maximum Gasteiger partial charge on any atom is 0.194 e. The zero-order valence-electron chi connectivity index (χ0n) is 14.1. The maximum atomic E-state index is 5.48. The Balaban J connectivity index is 1.43. The number of nitrogens with zero attached hydrogens (tertiary/aromatic N) is 4. The summed E-state index contributed by atoms with van der Waals surface area (Å²) < 4.78 is 5.48. The number of ether oxygens (including phenoxy) is 1. The number of rotatable bonds is 4. The topological polar surface area (TPSA) is 53.0 Å². The molecule has 0 amide bonds. The van der Waals surface area contributed by atoms with E-state index in [1.807, 2.05) is 14.0 Å². The van der Waals surface area contributed by atoms with Crippen molar-refractivity contribution in [1.29, 1.82) is 0 Å². The molecule has 0 bridgehead atoms. The van der Waals surface area contributed by atoms with Crippen molar-refractivity contribution in [3.05, 3.63) is 16.1 Å². The standard InChI is InChI=1S/C16H27N5OS/c1-13-12-23-15(19-13)9-18-16(17-2)21-6-4-20(5-7-21)10-14-3-8-22-11-14/h12,14H,3-11H2,1-2H3,(H,17,18). The molecule has 23 heavy (non-hydrogen) atoms. The van der Waals surface area contributed by atoms with E-state index < -0.39 is 0 Å². The number of guanidine groups is 1. The first-order chi connectivity index (χ1) is 11.2. The van der Waals surface area contributed by atoms with Crippen LogP contribution in [0.25, 0.3) is 0 Å². The first kappa shape index (κ1) is 16.7. The number of hydrogen-bond acceptors (Lipinski definition) is 5. The van der Waals surface area contributed by atoms with E-state index in [-0.39, 0.29) is 0 Å². The molecular weight excluding hydrogens is 310 g/mol. The van der Waals surface area contributed by atoms with Gasteiger partial charge in [0.05, 0.1) is 13.2 Å². The minimum Gasteiger partial charge on any atom is -0.381 e. The number of piperazine rings is 1. The first-order valence-corrected chi connectivity index (χ1v) is 9.29. The molecule has 1 atom stereocenters. The zero-order valence-corrected chi connectivity index (χ0v) is 14.9. The lowest BCUT2D eigenvalue weighted by molar-refractivity contribution is 0.139. The predicted molar refractivity (Wildman–Crippen MR) is 94.0 cm³/mol. The lowest BCUT2D eigenvalue weighted by atomic mass is 10.1. The lowest BCUT2D eigenvalue weighted by Gasteiger charge is -2.37. The van der Waals surface area contributed by atoms with Gasteiger partial charge in [0.2, 0.25) is 0 Å². The fourth-order valence-electron chi connectivity index (χ4n) is 3.21. The second kappa shape index (κ2) is 8.08. The van der Waals surface area contributed by atoms with Gasteiger partial charge >= 0.3 is 0 Å². The fraction of sp³-hybridized carbons (Fsp3) is 0.750. The van der Waals surface area contributed by atoms with E-state index in [1.165, 1.54) is 13.0 Å². The quantitative estimate of drug-likeness (QED) is 0.660. The van der Waals surface area contributed by atoms with Crippen LogP contribution in [0.5, 0.6) is 0 Å². The van der Waals surface area contributed by atoms with E-state index in [1.54, 1.807) is 11.3 Å². The van der Waals surface area contributed by atoms with Crippen molar-refractivity contribution in [3.8, 4) is 0 Å². The van der Waals surface area contributed by atoms with Gasteiger partial charge < -0.3 is 15.0 Å². The van der Waals surface area contributed by atoms with Crippen molar-refractivity contribution in [2.24, 2.45) is 10.9 Å². The summed E-state index contributed by atoms with van der Waals surface area (Å²) >= 11 is 1.70. The van der Waals surface area contributed by atoms with Crippen LogP contribution in [0.1, 0.15) is 17.1 Å². The molecule has 2 fully saturated rings. The lowest BCUT2D eigenvalue weighted by Crippen LogP contribution is -2.53. The van der Waals surface area contributed by atoms with Crippen LogP contribution >= 0.6 is 11.3 Å². The zero-order chi connectivity index (χ0) is 16.1. The van der Waals surface area contributed by atoms with Gasteiger partial charge in [-0.1, -0.05) is 0 Å². The molecule has 0 radical (unpaired) electrons. The van der Waals surface area contributed by atoms with E-state index in [0.717, 1.165) is 68.5 Å². The molecule has 1 unspecified atom stereocenters. The Morgan fingerprint density at radius 3 is 2.87 bits per heavy atom. The van der Waals surface area contributed by atoms with Crippen molar-refractivity contribution in [2.75, 3.05) is 53.0 Å². The van der Waals surface area contributed by atoms with Gasteiger partial charge in [-0.2, -0.15) is 0 Å². The average molecular weight is 337 g/mol. The molecule has 2 aliphatic heterocycles. The van der Waals surface area contributed by atoms with Gasteiger partial charge in [-0.3, -0.25) is 9.89 Å². The molecule has 0 aromatic carbocycles. The number of thiazole rings is 1. The summed E-state index contributed by atoms with van der Waals surface area (Å²) in [4.78, 5) is 13.8. The highest BCUT2D eigenvalue weighted by molar-refractivity contribution is 7.09. The highest BCUT2D eigenvalue weighted by Gasteiger charge is 2.23. The van der Waals surface area contributed by atoms with Gasteiger partial charge in [0.25, 0.3) is 0 Å². The summed E-state index contributed by atoms with van der Waals surface area (Å²) in [5, 5.41) is 6.64. The second-order valence-electron chi connectivity index (χ2n) is 6.30. The van der Waals surface area contributed by atoms with E-state index in [9.17, 15) is 0 Å². The van der Waals surface area contributed by atoms with Crippen LogP contribution in [0, 0.1) is 12.8 Å². The second-order valence-corrected chi connectivity index (χ2v) is 7.24. The summed E-state index contributed by atoms with van der Waals surface area (Å²) in [6.45, 7) is 10.1. The van der Waals surface area contributed by atoms with Crippen molar-refractivity contribution in [2.45, 2.75) is 19.9 Å². The third-order valence-corrected chi connectivity index (χ3v) is 5.45. The van der Waals surface area contributed by atoms with E-state index >= 15 is 0 Å². The van der Waals surface area contributed by atoms with Crippen molar-refractivity contribution in [3.63, 3.8) is 0 Å². The Bertz CT molecular complexity index is 518. The summed E-state index contributed by atoms with van der Waals surface area (Å²) in [5.41, 5.74) is 1.09. The Morgan fingerprint density at radius 1 is 1.43 bits per heavy atom. The number of aryl methyl sites for hydroxylation is 1. The number of aromatic nitrogens is 1. The van der Waals surface area contributed by atoms with Crippen molar-refractivity contribution < 1.29 is 4.74 Å². The van der Waals surface area contributed by atoms with Crippen molar-refractivity contribution in [1.82, 2.24) is 20.1 Å². The van der Waals surface area contributed by atoms with Crippen LogP contribution < -0.4 is 5.32 Å². The molecular formula is C16H27N5OS. The van der Waals surface area contributed by atoms with Crippen LogP contribution in [-0.2, 0) is 11.3 Å². The molecule has 128 valence electrons. The molecule has 3 rings (SSSR count). The SMILES string of the molecule is CN=C(NCc1nc(C)cs1)N1CCN(CC2CCOC2)CC1. The monoisotopic (exact) mass is 337 g/mol. The van der Waals surface area contributed by atoms with Crippen molar-refractivity contribution >= 4 is 17.3 Å². The summed E-state index contributed by atoms with van der Waals surface area (Å²) in [6.07, 6.45) is 1.22. The Hall–Kier alpha value is -1.18. The molecule has 1 aromatic heterocycles.